The predicted molar refractivity (Wildman–Crippen MR) is 86.7 cm³/mol. The first-order chi connectivity index (χ1) is 10.7. The molecule has 1 aliphatic rings. The number of hydrogen-bond donors (Lipinski definition) is 0. The van der Waals surface area contributed by atoms with Crippen LogP contribution in [0.1, 0.15) is 6.92 Å². The maximum Gasteiger partial charge on any atom is 0.129 e. The van der Waals surface area contributed by atoms with Gasteiger partial charge in [-0.3, -0.25) is 0 Å². The number of ether oxygens (including phenoxy) is 3. The summed E-state index contributed by atoms with van der Waals surface area (Å²) in [5.74, 6) is 1.83. The van der Waals surface area contributed by atoms with Gasteiger partial charge in [0.25, 0.3) is 0 Å². The molecular weight excluding hydrogens is 280 g/mol. The fourth-order valence-electron chi connectivity index (χ4n) is 2.91. The molecule has 1 aromatic heterocycles. The van der Waals surface area contributed by atoms with Crippen molar-refractivity contribution in [3.05, 3.63) is 30.3 Å². The Labute approximate surface area is 130 Å². The molecule has 0 aliphatic carbocycles. The van der Waals surface area contributed by atoms with E-state index in [1.165, 1.54) is 0 Å². The Kier molecular flexibility index (Phi) is 4.45. The predicted octanol–water partition coefficient (Wildman–Crippen LogP) is 2.48. The van der Waals surface area contributed by atoms with Gasteiger partial charge in [0.05, 0.1) is 31.4 Å². The highest BCUT2D eigenvalue weighted by Gasteiger charge is 2.26. The third kappa shape index (κ3) is 3.15. The molecule has 0 amide bonds. The summed E-state index contributed by atoms with van der Waals surface area (Å²) in [7, 11) is 3.38. The van der Waals surface area contributed by atoms with E-state index in [0.717, 1.165) is 35.6 Å². The van der Waals surface area contributed by atoms with Crippen molar-refractivity contribution in [2.24, 2.45) is 0 Å². The van der Waals surface area contributed by atoms with Crippen molar-refractivity contribution in [1.82, 2.24) is 4.98 Å². The van der Waals surface area contributed by atoms with Crippen LogP contribution in [0.15, 0.2) is 30.3 Å². The quantitative estimate of drug-likeness (QED) is 0.868. The number of morpholine rings is 1. The van der Waals surface area contributed by atoms with E-state index in [0.29, 0.717) is 6.61 Å². The van der Waals surface area contributed by atoms with Crippen molar-refractivity contribution in [2.45, 2.75) is 19.1 Å². The average molecular weight is 302 g/mol. The zero-order valence-electron chi connectivity index (χ0n) is 13.3. The third-order valence-electron chi connectivity index (χ3n) is 3.88. The Hall–Kier alpha value is -1.85. The highest BCUT2D eigenvalue weighted by Crippen LogP contribution is 2.24. The highest BCUT2D eigenvalue weighted by molar-refractivity contribution is 5.81. The number of rotatable bonds is 4. The number of pyridine rings is 1. The summed E-state index contributed by atoms with van der Waals surface area (Å²) in [6, 6.07) is 10.1. The minimum atomic E-state index is 0.0853. The Bertz CT molecular complexity index is 647. The van der Waals surface area contributed by atoms with Crippen molar-refractivity contribution < 1.29 is 14.2 Å². The summed E-state index contributed by atoms with van der Waals surface area (Å²) in [6.45, 7) is 4.33. The van der Waals surface area contributed by atoms with Crippen LogP contribution in [-0.2, 0) is 9.47 Å². The van der Waals surface area contributed by atoms with Crippen LogP contribution in [-0.4, -0.2) is 51.1 Å². The van der Waals surface area contributed by atoms with Gasteiger partial charge in [0, 0.05) is 25.6 Å². The third-order valence-corrected chi connectivity index (χ3v) is 3.88. The maximum absolute atomic E-state index is 5.89. The summed E-state index contributed by atoms with van der Waals surface area (Å²) >= 11 is 0. The van der Waals surface area contributed by atoms with E-state index in [4.69, 9.17) is 19.2 Å². The van der Waals surface area contributed by atoms with Gasteiger partial charge in [0.2, 0.25) is 0 Å². The molecule has 2 atom stereocenters. The van der Waals surface area contributed by atoms with Gasteiger partial charge in [-0.05, 0) is 37.3 Å². The van der Waals surface area contributed by atoms with Crippen LogP contribution in [0.4, 0.5) is 5.82 Å². The van der Waals surface area contributed by atoms with Crippen molar-refractivity contribution >= 4 is 16.7 Å². The Morgan fingerprint density at radius 1 is 1.23 bits per heavy atom. The monoisotopic (exact) mass is 302 g/mol. The van der Waals surface area contributed by atoms with Gasteiger partial charge in [-0.25, -0.2) is 4.98 Å². The summed E-state index contributed by atoms with van der Waals surface area (Å²) in [6.07, 6.45) is 0.254. The van der Waals surface area contributed by atoms with Crippen LogP contribution in [0.5, 0.6) is 5.75 Å². The summed E-state index contributed by atoms with van der Waals surface area (Å²) in [5, 5.41) is 1.08. The fraction of sp³-hybridized carbons (Fsp3) is 0.471. The second-order valence-corrected chi connectivity index (χ2v) is 5.66. The van der Waals surface area contributed by atoms with Crippen LogP contribution in [0.25, 0.3) is 10.9 Å². The number of hydrogen-bond acceptors (Lipinski definition) is 5. The molecule has 118 valence electrons. The Balaban J connectivity index is 1.85. The minimum Gasteiger partial charge on any atom is -0.497 e. The Morgan fingerprint density at radius 3 is 2.86 bits per heavy atom. The molecular formula is C17H22N2O3. The molecule has 0 saturated carbocycles. The van der Waals surface area contributed by atoms with Crippen molar-refractivity contribution in [2.75, 3.05) is 38.8 Å². The van der Waals surface area contributed by atoms with Gasteiger partial charge in [-0.1, -0.05) is 0 Å². The van der Waals surface area contributed by atoms with Crippen LogP contribution in [0.3, 0.4) is 0 Å². The highest BCUT2D eigenvalue weighted by atomic mass is 16.5. The lowest BCUT2D eigenvalue weighted by molar-refractivity contribution is -0.0512. The van der Waals surface area contributed by atoms with Crippen LogP contribution in [0.2, 0.25) is 0 Å². The lowest BCUT2D eigenvalue weighted by Crippen LogP contribution is -2.48. The van der Waals surface area contributed by atoms with E-state index >= 15 is 0 Å². The first-order valence-corrected chi connectivity index (χ1v) is 7.53. The number of fused-ring (bicyclic) bond motifs is 1. The van der Waals surface area contributed by atoms with Crippen molar-refractivity contribution in [1.29, 1.82) is 0 Å². The molecule has 2 heterocycles. The van der Waals surface area contributed by atoms with E-state index in [2.05, 4.69) is 24.0 Å². The van der Waals surface area contributed by atoms with E-state index in [1.54, 1.807) is 14.2 Å². The van der Waals surface area contributed by atoms with E-state index in [1.807, 2.05) is 18.2 Å². The van der Waals surface area contributed by atoms with Crippen molar-refractivity contribution in [3.63, 3.8) is 0 Å². The molecule has 1 aliphatic heterocycles. The first kappa shape index (κ1) is 15.1. The minimum absolute atomic E-state index is 0.0853. The van der Waals surface area contributed by atoms with Gasteiger partial charge < -0.3 is 19.1 Å². The molecule has 0 spiro atoms. The normalized spacial score (nSPS) is 22.0. The lowest BCUT2D eigenvalue weighted by atomic mass is 10.2. The topological polar surface area (TPSA) is 43.8 Å². The van der Waals surface area contributed by atoms with E-state index in [-0.39, 0.29) is 12.2 Å². The molecule has 5 nitrogen and oxygen atoms in total. The number of nitrogens with zero attached hydrogens (tertiary/aromatic N) is 2. The zero-order chi connectivity index (χ0) is 15.5. The van der Waals surface area contributed by atoms with Gasteiger partial charge in [-0.2, -0.15) is 0 Å². The molecule has 0 bridgehead atoms. The molecule has 22 heavy (non-hydrogen) atoms. The molecule has 0 N–H and O–H groups in total. The van der Waals surface area contributed by atoms with Gasteiger partial charge in [0.15, 0.2) is 0 Å². The lowest BCUT2D eigenvalue weighted by Gasteiger charge is -2.37. The molecule has 5 heteroatoms. The molecule has 1 fully saturated rings. The molecule has 3 rings (SSSR count). The zero-order valence-corrected chi connectivity index (χ0v) is 13.3. The average Bonchev–Trinajstić information content (AvgIpc) is 2.53. The van der Waals surface area contributed by atoms with Crippen molar-refractivity contribution in [3.8, 4) is 5.75 Å². The largest absolute Gasteiger partial charge is 0.497 e. The molecule has 2 unspecified atom stereocenters. The fourth-order valence-corrected chi connectivity index (χ4v) is 2.91. The summed E-state index contributed by atoms with van der Waals surface area (Å²) in [4.78, 5) is 7.04. The summed E-state index contributed by atoms with van der Waals surface area (Å²) in [5.41, 5.74) is 0.973. The van der Waals surface area contributed by atoms with Crippen LogP contribution in [0, 0.1) is 0 Å². The number of benzene rings is 1. The second kappa shape index (κ2) is 6.50. The standard InChI is InChI=1S/C17H22N2O3/c1-12-9-19(10-15(22-12)11-20-2)17-7-4-13-8-14(21-3)5-6-16(13)18-17/h4-8,12,15H,9-11H2,1-3H3. The summed E-state index contributed by atoms with van der Waals surface area (Å²) < 4.78 is 16.4. The number of aromatic nitrogens is 1. The van der Waals surface area contributed by atoms with E-state index < -0.39 is 0 Å². The smallest absolute Gasteiger partial charge is 0.129 e. The molecule has 0 radical (unpaired) electrons. The number of methoxy groups -OCH3 is 2. The van der Waals surface area contributed by atoms with Gasteiger partial charge in [0.1, 0.15) is 11.6 Å². The first-order valence-electron chi connectivity index (χ1n) is 7.53. The van der Waals surface area contributed by atoms with E-state index in [9.17, 15) is 0 Å². The molecule has 1 saturated heterocycles. The molecule has 1 aromatic carbocycles. The maximum atomic E-state index is 5.89. The Morgan fingerprint density at radius 2 is 2.09 bits per heavy atom. The SMILES string of the molecule is COCC1CN(c2ccc3cc(OC)ccc3n2)CC(C)O1. The van der Waals surface area contributed by atoms with Gasteiger partial charge >= 0.3 is 0 Å². The van der Waals surface area contributed by atoms with Crippen LogP contribution >= 0.6 is 0 Å². The van der Waals surface area contributed by atoms with Gasteiger partial charge in [-0.15, -0.1) is 0 Å². The number of anilines is 1. The van der Waals surface area contributed by atoms with Crippen LogP contribution < -0.4 is 9.64 Å². The molecule has 2 aromatic rings. The second-order valence-electron chi connectivity index (χ2n) is 5.66.